The van der Waals surface area contributed by atoms with E-state index in [9.17, 15) is 0 Å². The molecule has 0 aliphatic rings. The van der Waals surface area contributed by atoms with Crippen molar-refractivity contribution in [2.75, 3.05) is 4.43 Å². The van der Waals surface area contributed by atoms with Gasteiger partial charge in [-0.3, -0.25) is 0 Å². The molecule has 4 heteroatoms. The van der Waals surface area contributed by atoms with Crippen LogP contribution in [-0.2, 0) is 0 Å². The van der Waals surface area contributed by atoms with Gasteiger partial charge < -0.3 is 0 Å². The second-order valence-electron chi connectivity index (χ2n) is 1.00. The van der Waals surface area contributed by atoms with Gasteiger partial charge in [0.15, 0.2) is 0 Å². The van der Waals surface area contributed by atoms with Crippen LogP contribution < -0.4 is 0 Å². The highest BCUT2D eigenvalue weighted by atomic mass is 127. The van der Waals surface area contributed by atoms with E-state index in [2.05, 4.69) is 67.8 Å². The van der Waals surface area contributed by atoms with E-state index in [-0.39, 0.29) is 3.38 Å². The van der Waals surface area contributed by atoms with E-state index in [0.29, 0.717) is 3.92 Å². The fourth-order valence-corrected chi connectivity index (χ4v) is 2.19. The van der Waals surface area contributed by atoms with E-state index in [0.717, 1.165) is 4.43 Å². The first-order valence-electron chi connectivity index (χ1n) is 1.66. The molecular weight excluding hydrogens is 452 g/mol. The highest BCUT2D eigenvalue weighted by Gasteiger charge is 2.08. The van der Waals surface area contributed by atoms with Gasteiger partial charge in [-0.1, -0.05) is 67.8 Å². The van der Waals surface area contributed by atoms with Gasteiger partial charge in [0.05, 0.1) is 3.38 Å². The molecule has 0 nitrogen and oxygen atoms in total. The maximum Gasteiger partial charge on any atom is 0.0975 e. The van der Waals surface area contributed by atoms with Crippen molar-refractivity contribution in [2.24, 2.45) is 0 Å². The Morgan fingerprint density at radius 2 is 1.86 bits per heavy atom. The molecule has 2 atom stereocenters. The number of halogens is 4. The van der Waals surface area contributed by atoms with Crippen LogP contribution >= 0.6 is 79.4 Å². The smallest absolute Gasteiger partial charge is 0.0975 e. The van der Waals surface area contributed by atoms with E-state index < -0.39 is 0 Å². The quantitative estimate of drug-likeness (QED) is 0.443. The second kappa shape index (κ2) is 5.28. The summed E-state index contributed by atoms with van der Waals surface area (Å²) in [6.45, 7) is 0. The molecule has 0 saturated carbocycles. The first kappa shape index (κ1) is 9.48. The Bertz CT molecular complexity index is 47.4. The lowest BCUT2D eigenvalue weighted by Crippen LogP contribution is -2.06. The van der Waals surface area contributed by atoms with E-state index in [1.807, 2.05) is 0 Å². The molecule has 2 unspecified atom stereocenters. The molecule has 0 bridgehead atoms. The Morgan fingerprint density at radius 1 is 1.43 bits per heavy atom. The summed E-state index contributed by atoms with van der Waals surface area (Å²) >= 11 is 12.6. The molecule has 0 rings (SSSR count). The minimum Gasteiger partial charge on any atom is -0.110 e. The third kappa shape index (κ3) is 4.95. The summed E-state index contributed by atoms with van der Waals surface area (Å²) in [5, 5.41) is 0. The zero-order chi connectivity index (χ0) is 5.86. The predicted molar refractivity (Wildman–Crippen MR) is 60.4 cm³/mol. The van der Waals surface area contributed by atoms with Crippen molar-refractivity contribution in [1.29, 1.82) is 0 Å². The van der Waals surface area contributed by atoms with Crippen LogP contribution in [0.25, 0.3) is 0 Å². The summed E-state index contributed by atoms with van der Waals surface area (Å²) in [6, 6.07) is 0. The minimum absolute atomic E-state index is 0.287. The SMILES string of the molecule is ClC(I)C(I)CI. The molecule has 0 amide bonds. The average molecular weight is 456 g/mol. The fraction of sp³-hybridized carbons (Fsp3) is 1.00. The van der Waals surface area contributed by atoms with Crippen molar-refractivity contribution in [2.45, 2.75) is 7.31 Å². The first-order chi connectivity index (χ1) is 3.18. The van der Waals surface area contributed by atoms with Gasteiger partial charge in [-0.25, -0.2) is 0 Å². The molecule has 0 aliphatic carbocycles. The van der Waals surface area contributed by atoms with Crippen molar-refractivity contribution in [3.05, 3.63) is 0 Å². The van der Waals surface area contributed by atoms with Crippen molar-refractivity contribution in [3.63, 3.8) is 0 Å². The van der Waals surface area contributed by atoms with Crippen LogP contribution in [0.4, 0.5) is 0 Å². The van der Waals surface area contributed by atoms with Gasteiger partial charge in [-0.15, -0.1) is 11.6 Å². The maximum atomic E-state index is 5.70. The zero-order valence-corrected chi connectivity index (χ0v) is 10.6. The summed E-state index contributed by atoms with van der Waals surface area (Å²) < 4.78 is 2.03. The summed E-state index contributed by atoms with van der Waals surface area (Å²) in [6.07, 6.45) is 0. The van der Waals surface area contributed by atoms with Crippen LogP contribution in [0, 0.1) is 0 Å². The number of hydrogen-bond donors (Lipinski definition) is 0. The third-order valence-corrected chi connectivity index (χ3v) is 7.19. The van der Waals surface area contributed by atoms with Crippen LogP contribution in [0.3, 0.4) is 0 Å². The lowest BCUT2D eigenvalue weighted by atomic mass is 10.6. The van der Waals surface area contributed by atoms with Gasteiger partial charge >= 0.3 is 0 Å². The molecule has 44 valence electrons. The van der Waals surface area contributed by atoms with E-state index >= 15 is 0 Å². The van der Waals surface area contributed by atoms with Gasteiger partial charge in [0.25, 0.3) is 0 Å². The Balaban J connectivity index is 3.14. The molecule has 0 aromatic carbocycles. The van der Waals surface area contributed by atoms with Crippen LogP contribution in [0.5, 0.6) is 0 Å². The highest BCUT2D eigenvalue weighted by molar-refractivity contribution is 14.1. The van der Waals surface area contributed by atoms with Crippen molar-refractivity contribution < 1.29 is 0 Å². The topological polar surface area (TPSA) is 0 Å². The molecule has 0 N–H and O–H groups in total. The largest absolute Gasteiger partial charge is 0.110 e. The average Bonchev–Trinajstić information content (AvgIpc) is 1.65. The lowest BCUT2D eigenvalue weighted by Gasteiger charge is -2.03. The molecule has 0 heterocycles. The summed E-state index contributed by atoms with van der Waals surface area (Å²) in [5.74, 6) is 0. The molecular formula is C3H4ClI3. The van der Waals surface area contributed by atoms with Crippen LogP contribution in [0.1, 0.15) is 0 Å². The predicted octanol–water partition coefficient (Wildman–Crippen LogP) is 3.22. The Morgan fingerprint density at radius 3 is 1.86 bits per heavy atom. The van der Waals surface area contributed by atoms with Gasteiger partial charge in [-0.05, 0) is 0 Å². The first-order valence-corrected chi connectivity index (χ1v) is 6.12. The van der Waals surface area contributed by atoms with Crippen molar-refractivity contribution in [3.8, 4) is 0 Å². The van der Waals surface area contributed by atoms with Crippen LogP contribution in [0.15, 0.2) is 0 Å². The zero-order valence-electron chi connectivity index (χ0n) is 3.37. The normalized spacial score (nSPS) is 18.9. The van der Waals surface area contributed by atoms with Gasteiger partial charge in [0.1, 0.15) is 0 Å². The van der Waals surface area contributed by atoms with Crippen LogP contribution in [0.2, 0.25) is 0 Å². The van der Waals surface area contributed by atoms with Crippen LogP contribution in [-0.4, -0.2) is 11.7 Å². The van der Waals surface area contributed by atoms with Gasteiger partial charge in [0, 0.05) is 8.35 Å². The fourth-order valence-electron chi connectivity index (χ4n) is 0.0673. The molecule has 0 aliphatic heterocycles. The molecule has 0 aromatic heterocycles. The molecule has 0 saturated heterocycles. The Hall–Kier alpha value is 2.48. The minimum atomic E-state index is 0.287. The molecule has 0 spiro atoms. The molecule has 7 heavy (non-hydrogen) atoms. The van der Waals surface area contributed by atoms with E-state index in [1.54, 1.807) is 0 Å². The third-order valence-electron chi connectivity index (χ3n) is 0.421. The molecule has 0 aromatic rings. The molecule has 0 radical (unpaired) electrons. The monoisotopic (exact) mass is 456 g/mol. The standard InChI is InChI=1S/C3H4ClI3/c4-3(7)2(6)1-5/h2-3H,1H2. The van der Waals surface area contributed by atoms with Crippen molar-refractivity contribution in [1.82, 2.24) is 0 Å². The Labute approximate surface area is 89.6 Å². The lowest BCUT2D eigenvalue weighted by molar-refractivity contribution is 1.19. The number of alkyl halides is 4. The molecule has 0 fully saturated rings. The highest BCUT2D eigenvalue weighted by Crippen LogP contribution is 2.20. The number of rotatable bonds is 2. The maximum absolute atomic E-state index is 5.70. The van der Waals surface area contributed by atoms with Gasteiger partial charge in [-0.2, -0.15) is 0 Å². The summed E-state index contributed by atoms with van der Waals surface area (Å²) in [4.78, 5) is 0. The van der Waals surface area contributed by atoms with Crippen molar-refractivity contribution >= 4 is 79.4 Å². The van der Waals surface area contributed by atoms with E-state index in [4.69, 9.17) is 11.6 Å². The summed E-state index contributed by atoms with van der Waals surface area (Å²) in [7, 11) is 0. The second-order valence-corrected chi connectivity index (χ2v) is 6.03. The number of hydrogen-bond acceptors (Lipinski definition) is 0. The van der Waals surface area contributed by atoms with E-state index in [1.165, 1.54) is 0 Å². The summed E-state index contributed by atoms with van der Waals surface area (Å²) in [5.41, 5.74) is 0. The Kier molecular flexibility index (Phi) is 7.15. The van der Waals surface area contributed by atoms with Gasteiger partial charge in [0.2, 0.25) is 0 Å².